The number of halogens is 2. The van der Waals surface area contributed by atoms with Gasteiger partial charge in [-0.1, -0.05) is 37.0 Å². The van der Waals surface area contributed by atoms with Gasteiger partial charge in [-0.05, 0) is 37.5 Å². The van der Waals surface area contributed by atoms with E-state index in [-0.39, 0.29) is 0 Å². The quantitative estimate of drug-likeness (QED) is 0.897. The molecule has 1 atom stereocenters. The van der Waals surface area contributed by atoms with Gasteiger partial charge < -0.3 is 10.2 Å². The van der Waals surface area contributed by atoms with Gasteiger partial charge in [0.2, 0.25) is 0 Å². The van der Waals surface area contributed by atoms with E-state index in [0.717, 1.165) is 34.4 Å². The monoisotopic (exact) mass is 300 g/mol. The Kier molecular flexibility index (Phi) is 4.99. The Balaban J connectivity index is 2.15. The number of hydrogen-bond donors (Lipinski definition) is 1. The molecule has 2 rings (SSSR count). The maximum absolute atomic E-state index is 6.37. The molecule has 0 aliphatic carbocycles. The molecule has 1 heterocycles. The van der Waals surface area contributed by atoms with Crippen LogP contribution < -0.4 is 10.2 Å². The number of piperidine rings is 1. The summed E-state index contributed by atoms with van der Waals surface area (Å²) in [4.78, 5) is 2.34. The van der Waals surface area contributed by atoms with Crippen LogP contribution in [0.5, 0.6) is 0 Å². The van der Waals surface area contributed by atoms with Crippen LogP contribution >= 0.6 is 23.2 Å². The third kappa shape index (κ3) is 3.77. The molecule has 0 radical (unpaired) electrons. The fourth-order valence-electron chi connectivity index (χ4n) is 2.68. The van der Waals surface area contributed by atoms with Gasteiger partial charge in [0.1, 0.15) is 0 Å². The molecule has 1 N–H and O–H groups in total. The molecule has 1 aromatic rings. The minimum absolute atomic E-state index is 0.516. The standard InChI is InChI=1S/C15H22Cl2N2/c1-10(2)18-12-5-4-6-19(9-12)15-8-13(16)11(3)7-14(15)17/h7-8,10,12,18H,4-6,9H2,1-3H3. The fourth-order valence-corrected chi connectivity index (χ4v) is 3.18. The molecule has 106 valence electrons. The molecule has 0 aromatic heterocycles. The lowest BCUT2D eigenvalue weighted by molar-refractivity contribution is 0.395. The maximum atomic E-state index is 6.37. The Labute approximate surface area is 126 Å². The number of benzene rings is 1. The summed E-state index contributed by atoms with van der Waals surface area (Å²) in [6, 6.07) is 5.00. The predicted molar refractivity (Wildman–Crippen MR) is 84.7 cm³/mol. The third-order valence-corrected chi connectivity index (χ3v) is 4.27. The van der Waals surface area contributed by atoms with Gasteiger partial charge in [0.05, 0.1) is 10.7 Å². The van der Waals surface area contributed by atoms with Crippen LogP contribution in [0.4, 0.5) is 5.69 Å². The molecule has 1 aromatic carbocycles. The van der Waals surface area contributed by atoms with Crippen molar-refractivity contribution in [1.29, 1.82) is 0 Å². The minimum atomic E-state index is 0.516. The van der Waals surface area contributed by atoms with Crippen molar-refractivity contribution in [2.75, 3.05) is 18.0 Å². The van der Waals surface area contributed by atoms with Gasteiger partial charge in [0.15, 0.2) is 0 Å². The molecule has 0 bridgehead atoms. The first-order valence-electron chi connectivity index (χ1n) is 6.94. The van der Waals surface area contributed by atoms with Gasteiger partial charge in [0.25, 0.3) is 0 Å². The number of anilines is 1. The van der Waals surface area contributed by atoms with Gasteiger partial charge in [-0.3, -0.25) is 0 Å². The highest BCUT2D eigenvalue weighted by Gasteiger charge is 2.22. The van der Waals surface area contributed by atoms with Crippen molar-refractivity contribution in [3.05, 3.63) is 27.7 Å². The molecule has 19 heavy (non-hydrogen) atoms. The van der Waals surface area contributed by atoms with Crippen molar-refractivity contribution < 1.29 is 0 Å². The van der Waals surface area contributed by atoms with Gasteiger partial charge in [-0.15, -0.1) is 0 Å². The average Bonchev–Trinajstić information content (AvgIpc) is 2.33. The van der Waals surface area contributed by atoms with Crippen molar-refractivity contribution in [2.24, 2.45) is 0 Å². The molecule has 4 heteroatoms. The van der Waals surface area contributed by atoms with Crippen molar-refractivity contribution >= 4 is 28.9 Å². The lowest BCUT2D eigenvalue weighted by Gasteiger charge is -2.36. The highest BCUT2D eigenvalue weighted by Crippen LogP contribution is 2.33. The van der Waals surface area contributed by atoms with Gasteiger partial charge >= 0.3 is 0 Å². The smallest absolute Gasteiger partial charge is 0.0643 e. The van der Waals surface area contributed by atoms with Crippen LogP contribution in [0.1, 0.15) is 32.3 Å². The number of nitrogens with zero attached hydrogens (tertiary/aromatic N) is 1. The zero-order valence-corrected chi connectivity index (χ0v) is 13.4. The molecule has 1 aliphatic rings. The second-order valence-corrected chi connectivity index (χ2v) is 6.47. The van der Waals surface area contributed by atoms with E-state index >= 15 is 0 Å². The number of hydrogen-bond acceptors (Lipinski definition) is 2. The third-order valence-electron chi connectivity index (χ3n) is 3.56. The lowest BCUT2D eigenvalue weighted by Crippen LogP contribution is -2.48. The van der Waals surface area contributed by atoms with E-state index in [1.54, 1.807) is 0 Å². The molecule has 1 unspecified atom stereocenters. The summed E-state index contributed by atoms with van der Waals surface area (Å²) >= 11 is 12.6. The maximum Gasteiger partial charge on any atom is 0.0643 e. The van der Waals surface area contributed by atoms with Crippen LogP contribution in [0.15, 0.2) is 12.1 Å². The summed E-state index contributed by atoms with van der Waals surface area (Å²) in [6.45, 7) is 8.41. The first-order valence-corrected chi connectivity index (χ1v) is 7.69. The molecule has 1 fully saturated rings. The Hall–Kier alpha value is -0.440. The fraction of sp³-hybridized carbons (Fsp3) is 0.600. The number of rotatable bonds is 3. The summed E-state index contributed by atoms with van der Waals surface area (Å²) in [7, 11) is 0. The predicted octanol–water partition coefficient (Wildman–Crippen LogP) is 4.27. The average molecular weight is 301 g/mol. The van der Waals surface area contributed by atoms with E-state index in [0.29, 0.717) is 12.1 Å². The molecule has 0 spiro atoms. The Morgan fingerprint density at radius 1 is 1.26 bits per heavy atom. The minimum Gasteiger partial charge on any atom is -0.369 e. The normalized spacial score (nSPS) is 20.1. The van der Waals surface area contributed by atoms with Crippen molar-refractivity contribution in [3.8, 4) is 0 Å². The van der Waals surface area contributed by atoms with E-state index < -0.39 is 0 Å². The topological polar surface area (TPSA) is 15.3 Å². The number of nitrogens with one attached hydrogen (secondary N) is 1. The van der Waals surface area contributed by atoms with Gasteiger partial charge in [0, 0.05) is 30.2 Å². The molecule has 0 saturated carbocycles. The molecule has 1 aliphatic heterocycles. The summed E-state index contributed by atoms with van der Waals surface area (Å²) in [5, 5.41) is 5.20. The lowest BCUT2D eigenvalue weighted by atomic mass is 10.0. The molecular weight excluding hydrogens is 279 g/mol. The van der Waals surface area contributed by atoms with Crippen LogP contribution in [0.2, 0.25) is 10.0 Å². The van der Waals surface area contributed by atoms with Crippen LogP contribution in [0, 0.1) is 6.92 Å². The second kappa shape index (κ2) is 6.34. The largest absolute Gasteiger partial charge is 0.369 e. The summed E-state index contributed by atoms with van der Waals surface area (Å²) in [6.07, 6.45) is 2.41. The first-order chi connectivity index (χ1) is 8.97. The van der Waals surface area contributed by atoms with E-state index in [4.69, 9.17) is 23.2 Å². The van der Waals surface area contributed by atoms with Crippen LogP contribution in [0.3, 0.4) is 0 Å². The van der Waals surface area contributed by atoms with E-state index in [9.17, 15) is 0 Å². The zero-order chi connectivity index (χ0) is 14.0. The molecule has 2 nitrogen and oxygen atoms in total. The van der Waals surface area contributed by atoms with E-state index in [1.807, 2.05) is 19.1 Å². The van der Waals surface area contributed by atoms with Gasteiger partial charge in [-0.25, -0.2) is 0 Å². The van der Waals surface area contributed by atoms with Crippen LogP contribution in [-0.2, 0) is 0 Å². The first kappa shape index (κ1) is 15.0. The molecule has 0 amide bonds. The Morgan fingerprint density at radius 2 is 2.00 bits per heavy atom. The zero-order valence-electron chi connectivity index (χ0n) is 11.8. The highest BCUT2D eigenvalue weighted by atomic mass is 35.5. The van der Waals surface area contributed by atoms with Crippen molar-refractivity contribution in [1.82, 2.24) is 5.32 Å². The van der Waals surface area contributed by atoms with Crippen molar-refractivity contribution in [2.45, 2.75) is 45.7 Å². The van der Waals surface area contributed by atoms with Crippen molar-refractivity contribution in [3.63, 3.8) is 0 Å². The highest BCUT2D eigenvalue weighted by molar-refractivity contribution is 6.35. The van der Waals surface area contributed by atoms with E-state index in [1.165, 1.54) is 12.8 Å². The molecule has 1 saturated heterocycles. The van der Waals surface area contributed by atoms with Gasteiger partial charge in [-0.2, -0.15) is 0 Å². The second-order valence-electron chi connectivity index (χ2n) is 5.66. The Morgan fingerprint density at radius 3 is 2.68 bits per heavy atom. The summed E-state index contributed by atoms with van der Waals surface area (Å²) < 4.78 is 0. The summed E-state index contributed by atoms with van der Waals surface area (Å²) in [5.74, 6) is 0. The molecular formula is C15H22Cl2N2. The SMILES string of the molecule is Cc1cc(Cl)c(N2CCCC(NC(C)C)C2)cc1Cl. The van der Waals surface area contributed by atoms with Crippen LogP contribution in [-0.4, -0.2) is 25.2 Å². The Bertz CT molecular complexity index is 446. The van der Waals surface area contributed by atoms with E-state index in [2.05, 4.69) is 24.1 Å². The number of aryl methyl sites for hydroxylation is 1. The summed E-state index contributed by atoms with van der Waals surface area (Å²) in [5.41, 5.74) is 2.09. The van der Waals surface area contributed by atoms with Crippen LogP contribution in [0.25, 0.3) is 0 Å².